The molecule has 0 fully saturated rings. The van der Waals surface area contributed by atoms with E-state index >= 15 is 0 Å². The summed E-state index contributed by atoms with van der Waals surface area (Å²) in [6.07, 6.45) is 0. The molecule has 0 saturated carbocycles. The molecule has 28 heavy (non-hydrogen) atoms. The second-order valence-corrected chi connectivity index (χ2v) is 9.40. The quantitative estimate of drug-likeness (QED) is 0.652. The average Bonchev–Trinajstić information content (AvgIpc) is 3.06. The van der Waals surface area contributed by atoms with Crippen LogP contribution in [0.15, 0.2) is 41.3 Å². The minimum absolute atomic E-state index is 0.156. The van der Waals surface area contributed by atoms with Gasteiger partial charge in [-0.3, -0.25) is 10.1 Å². The lowest BCUT2D eigenvalue weighted by Crippen LogP contribution is -2.31. The van der Waals surface area contributed by atoms with Gasteiger partial charge in [0.25, 0.3) is 5.91 Å². The van der Waals surface area contributed by atoms with E-state index in [-0.39, 0.29) is 16.4 Å². The van der Waals surface area contributed by atoms with E-state index < -0.39 is 10.0 Å². The van der Waals surface area contributed by atoms with Crippen molar-refractivity contribution in [3.8, 4) is 0 Å². The van der Waals surface area contributed by atoms with E-state index in [9.17, 15) is 13.2 Å². The van der Waals surface area contributed by atoms with E-state index in [0.29, 0.717) is 23.8 Å². The molecule has 1 amide bonds. The zero-order valence-corrected chi connectivity index (χ0v) is 17.9. The van der Waals surface area contributed by atoms with Gasteiger partial charge in [0.1, 0.15) is 0 Å². The van der Waals surface area contributed by atoms with Crippen LogP contribution in [-0.4, -0.2) is 36.7 Å². The lowest BCUT2D eigenvalue weighted by molar-refractivity contribution is 0.102. The van der Waals surface area contributed by atoms with Gasteiger partial charge in [0, 0.05) is 18.7 Å². The van der Waals surface area contributed by atoms with Crippen molar-refractivity contribution in [2.45, 2.75) is 32.6 Å². The van der Waals surface area contributed by atoms with Gasteiger partial charge in [-0.2, -0.15) is 4.31 Å². The van der Waals surface area contributed by atoms with E-state index in [2.05, 4.69) is 10.3 Å². The van der Waals surface area contributed by atoms with Crippen molar-refractivity contribution in [3.63, 3.8) is 0 Å². The Morgan fingerprint density at radius 3 is 2.46 bits per heavy atom. The number of aromatic nitrogens is 1. The van der Waals surface area contributed by atoms with Gasteiger partial charge in [-0.05, 0) is 43.2 Å². The van der Waals surface area contributed by atoms with Gasteiger partial charge in [0.15, 0.2) is 5.13 Å². The van der Waals surface area contributed by atoms with Crippen molar-refractivity contribution in [1.82, 2.24) is 9.29 Å². The summed E-state index contributed by atoms with van der Waals surface area (Å²) in [5, 5.41) is 3.28. The van der Waals surface area contributed by atoms with E-state index in [1.165, 1.54) is 21.7 Å². The number of para-hydroxylation sites is 1. The summed E-state index contributed by atoms with van der Waals surface area (Å²) >= 11 is 1.39. The number of aryl methyl sites for hydroxylation is 2. The molecule has 0 aliphatic rings. The fraction of sp³-hybridized carbons (Fsp3) is 0.300. The van der Waals surface area contributed by atoms with Crippen LogP contribution in [0.2, 0.25) is 0 Å². The summed E-state index contributed by atoms with van der Waals surface area (Å²) in [5.74, 6) is -0.382. The maximum absolute atomic E-state index is 12.9. The number of hydrogen-bond acceptors (Lipinski definition) is 5. The first-order valence-corrected chi connectivity index (χ1v) is 11.3. The number of thiazole rings is 1. The minimum Gasteiger partial charge on any atom is -0.298 e. The number of anilines is 1. The number of nitrogens with one attached hydrogen (secondary N) is 1. The first-order chi connectivity index (χ1) is 13.3. The molecule has 1 aromatic heterocycles. The molecule has 0 atom stereocenters. The minimum atomic E-state index is -3.65. The second kappa shape index (κ2) is 7.98. The van der Waals surface area contributed by atoms with Crippen LogP contribution in [0.25, 0.3) is 10.2 Å². The monoisotopic (exact) mass is 417 g/mol. The molecule has 1 N–H and O–H groups in total. The Kier molecular flexibility index (Phi) is 5.83. The summed E-state index contributed by atoms with van der Waals surface area (Å²) in [4.78, 5) is 17.4. The van der Waals surface area contributed by atoms with Gasteiger partial charge < -0.3 is 0 Å². The molecule has 3 aromatic rings. The fourth-order valence-electron chi connectivity index (χ4n) is 3.03. The Morgan fingerprint density at radius 2 is 1.82 bits per heavy atom. The number of fused-ring (bicyclic) bond motifs is 1. The largest absolute Gasteiger partial charge is 0.298 e. The molecule has 1 heterocycles. The third kappa shape index (κ3) is 3.80. The highest BCUT2D eigenvalue weighted by molar-refractivity contribution is 7.89. The molecule has 3 rings (SSSR count). The highest BCUT2D eigenvalue weighted by atomic mass is 32.2. The molecule has 8 heteroatoms. The van der Waals surface area contributed by atoms with Crippen molar-refractivity contribution in [1.29, 1.82) is 0 Å². The van der Waals surface area contributed by atoms with Gasteiger partial charge >= 0.3 is 0 Å². The molecule has 0 aliphatic carbocycles. The zero-order valence-electron chi connectivity index (χ0n) is 16.3. The molecule has 0 spiro atoms. The third-order valence-electron chi connectivity index (χ3n) is 4.61. The van der Waals surface area contributed by atoms with Gasteiger partial charge in [-0.25, -0.2) is 13.4 Å². The smallest absolute Gasteiger partial charge is 0.257 e. The highest BCUT2D eigenvalue weighted by Gasteiger charge is 2.25. The molecule has 0 saturated heterocycles. The number of rotatable bonds is 6. The van der Waals surface area contributed by atoms with Crippen LogP contribution in [0.1, 0.15) is 35.3 Å². The maximum Gasteiger partial charge on any atom is 0.257 e. The molecule has 0 aliphatic heterocycles. The Balaban J connectivity index is 1.93. The average molecular weight is 418 g/mol. The Labute approximate surface area is 169 Å². The molecular weight excluding hydrogens is 394 g/mol. The van der Waals surface area contributed by atoms with E-state index in [1.54, 1.807) is 32.9 Å². The van der Waals surface area contributed by atoms with Gasteiger partial charge in [0.2, 0.25) is 10.0 Å². The third-order valence-corrected chi connectivity index (χ3v) is 7.74. The predicted molar refractivity (Wildman–Crippen MR) is 114 cm³/mol. The highest BCUT2D eigenvalue weighted by Crippen LogP contribution is 2.28. The van der Waals surface area contributed by atoms with Gasteiger partial charge in [0.05, 0.1) is 15.1 Å². The Hall–Kier alpha value is -2.29. The van der Waals surface area contributed by atoms with Crippen molar-refractivity contribution >= 4 is 42.6 Å². The van der Waals surface area contributed by atoms with Crippen molar-refractivity contribution in [3.05, 3.63) is 53.1 Å². The van der Waals surface area contributed by atoms with E-state index in [0.717, 1.165) is 15.8 Å². The number of carbonyl (C=O) groups excluding carboxylic acids is 1. The number of carbonyl (C=O) groups is 1. The first-order valence-electron chi connectivity index (χ1n) is 9.06. The van der Waals surface area contributed by atoms with Crippen LogP contribution in [0.3, 0.4) is 0 Å². The lowest BCUT2D eigenvalue weighted by atomic mass is 10.1. The molecule has 2 aromatic carbocycles. The Morgan fingerprint density at radius 1 is 1.11 bits per heavy atom. The van der Waals surface area contributed by atoms with Gasteiger partial charge in [-0.1, -0.05) is 43.4 Å². The van der Waals surface area contributed by atoms with Crippen molar-refractivity contribution < 1.29 is 13.2 Å². The van der Waals surface area contributed by atoms with Crippen LogP contribution in [0.5, 0.6) is 0 Å². The van der Waals surface area contributed by atoms with Gasteiger partial charge in [-0.15, -0.1) is 0 Å². The molecule has 148 valence electrons. The number of nitrogens with zero attached hydrogens (tertiary/aromatic N) is 2. The van der Waals surface area contributed by atoms with Crippen LogP contribution >= 0.6 is 11.3 Å². The van der Waals surface area contributed by atoms with E-state index in [1.807, 2.05) is 25.1 Å². The number of benzene rings is 2. The number of amides is 1. The lowest BCUT2D eigenvalue weighted by Gasteiger charge is -2.20. The topological polar surface area (TPSA) is 79.4 Å². The Bertz CT molecular complexity index is 1130. The summed E-state index contributed by atoms with van der Waals surface area (Å²) in [5.41, 5.74) is 2.79. The van der Waals surface area contributed by atoms with Crippen LogP contribution < -0.4 is 5.32 Å². The van der Waals surface area contributed by atoms with Crippen molar-refractivity contribution in [2.24, 2.45) is 0 Å². The normalized spacial score (nSPS) is 11.9. The zero-order chi connectivity index (χ0) is 20.5. The summed E-state index contributed by atoms with van der Waals surface area (Å²) < 4.78 is 28.1. The SMILES string of the molecule is CCN(CC)S(=O)(=O)c1cc(C(=O)Nc2nc3c(C)cccc3s2)ccc1C. The summed E-state index contributed by atoms with van der Waals surface area (Å²) in [6, 6.07) is 10.6. The summed E-state index contributed by atoms with van der Waals surface area (Å²) in [7, 11) is -3.65. The number of sulfonamides is 1. The molecular formula is C20H23N3O3S2. The molecule has 0 radical (unpaired) electrons. The standard InChI is InChI=1S/C20H23N3O3S2/c1-5-23(6-2)28(25,26)17-12-15(11-10-13(17)3)19(24)22-20-21-18-14(4)8-7-9-16(18)27-20/h7-12H,5-6H2,1-4H3,(H,21,22,24). The van der Waals surface area contributed by atoms with Crippen LogP contribution in [-0.2, 0) is 10.0 Å². The predicted octanol–water partition coefficient (Wildman–Crippen LogP) is 4.20. The first kappa shape index (κ1) is 20.4. The molecule has 0 unspecified atom stereocenters. The summed E-state index contributed by atoms with van der Waals surface area (Å²) in [6.45, 7) is 8.04. The maximum atomic E-state index is 12.9. The van der Waals surface area contributed by atoms with Crippen LogP contribution in [0, 0.1) is 13.8 Å². The van der Waals surface area contributed by atoms with Crippen molar-refractivity contribution in [2.75, 3.05) is 18.4 Å². The second-order valence-electron chi connectivity index (χ2n) is 6.46. The van der Waals surface area contributed by atoms with Crippen LogP contribution in [0.4, 0.5) is 5.13 Å². The molecule has 6 nitrogen and oxygen atoms in total. The number of hydrogen-bond donors (Lipinski definition) is 1. The van der Waals surface area contributed by atoms with E-state index in [4.69, 9.17) is 0 Å². The molecule has 0 bridgehead atoms. The fourth-order valence-corrected chi connectivity index (χ4v) is 5.68.